The number of nitrogens with zero attached hydrogens (tertiary/aromatic N) is 2. The average molecular weight is 471 g/mol. The average Bonchev–Trinajstić information content (AvgIpc) is 2.80. The van der Waals surface area contributed by atoms with Crippen LogP contribution in [0.4, 0.5) is 15.8 Å². The van der Waals surface area contributed by atoms with Gasteiger partial charge in [0, 0.05) is 24.8 Å². The smallest absolute Gasteiger partial charge is 0.274 e. The molecule has 8 nitrogen and oxygen atoms in total. The zero-order valence-electron chi connectivity index (χ0n) is 18.2. The predicted molar refractivity (Wildman–Crippen MR) is 123 cm³/mol. The second-order valence-electron chi connectivity index (χ2n) is 7.46. The highest BCUT2D eigenvalue weighted by Gasteiger charge is 2.24. The Balaban J connectivity index is 1.86. The fraction of sp³-hybridized carbons (Fsp3) is 0.174. The van der Waals surface area contributed by atoms with Crippen LogP contribution in [-0.2, 0) is 10.0 Å². The molecule has 3 aromatic rings. The molecule has 0 radical (unpaired) electrons. The summed E-state index contributed by atoms with van der Waals surface area (Å²) in [7, 11) is -2.34. The Morgan fingerprint density at radius 3 is 2.33 bits per heavy atom. The van der Waals surface area contributed by atoms with Gasteiger partial charge in [0.15, 0.2) is 0 Å². The third-order valence-electron chi connectivity index (χ3n) is 4.88. The Morgan fingerprint density at radius 2 is 1.67 bits per heavy atom. The minimum Gasteiger partial charge on any atom is -0.320 e. The van der Waals surface area contributed by atoms with E-state index in [0.717, 1.165) is 12.1 Å². The van der Waals surface area contributed by atoms with Gasteiger partial charge in [-0.2, -0.15) is 4.31 Å². The first-order valence-corrected chi connectivity index (χ1v) is 11.4. The third kappa shape index (κ3) is 5.60. The number of aromatic nitrogens is 1. The second kappa shape index (κ2) is 9.88. The quantitative estimate of drug-likeness (QED) is 0.547. The molecule has 1 heterocycles. The van der Waals surface area contributed by atoms with Crippen LogP contribution in [0.1, 0.15) is 34.7 Å². The summed E-state index contributed by atoms with van der Waals surface area (Å²) in [5, 5.41) is 5.12. The molecule has 10 heteroatoms. The molecule has 0 unspecified atom stereocenters. The molecule has 0 aliphatic heterocycles. The summed E-state index contributed by atoms with van der Waals surface area (Å²) in [5.41, 5.74) is 0.367. The molecule has 0 atom stereocenters. The van der Waals surface area contributed by atoms with Crippen molar-refractivity contribution in [3.05, 3.63) is 83.9 Å². The molecule has 3 rings (SSSR count). The van der Waals surface area contributed by atoms with Gasteiger partial charge in [-0.3, -0.25) is 14.6 Å². The van der Waals surface area contributed by atoms with Crippen molar-refractivity contribution in [2.75, 3.05) is 17.7 Å². The maximum atomic E-state index is 13.9. The van der Waals surface area contributed by atoms with Gasteiger partial charge in [-0.05, 0) is 62.4 Å². The summed E-state index contributed by atoms with van der Waals surface area (Å²) >= 11 is 0. The SMILES string of the molecule is CC(C)N(C)S(=O)(=O)c1cccc(C(=O)Nc2cc(F)ccc2NC(=O)c2ccccn2)c1. The van der Waals surface area contributed by atoms with E-state index >= 15 is 0 Å². The Labute approximate surface area is 191 Å². The van der Waals surface area contributed by atoms with Gasteiger partial charge < -0.3 is 10.6 Å². The number of amides is 2. The number of hydrogen-bond donors (Lipinski definition) is 2. The van der Waals surface area contributed by atoms with Crippen LogP contribution in [0.5, 0.6) is 0 Å². The second-order valence-corrected chi connectivity index (χ2v) is 9.45. The molecule has 0 spiro atoms. The van der Waals surface area contributed by atoms with Crippen molar-refractivity contribution in [1.82, 2.24) is 9.29 Å². The first kappa shape index (κ1) is 24.0. The summed E-state index contributed by atoms with van der Waals surface area (Å²) in [6.45, 7) is 3.47. The Kier molecular flexibility index (Phi) is 7.19. The topological polar surface area (TPSA) is 108 Å². The molecular weight excluding hydrogens is 447 g/mol. The van der Waals surface area contributed by atoms with Crippen molar-refractivity contribution in [3.8, 4) is 0 Å². The van der Waals surface area contributed by atoms with E-state index in [1.807, 2.05) is 0 Å². The van der Waals surface area contributed by atoms with E-state index in [0.29, 0.717) is 0 Å². The zero-order chi connectivity index (χ0) is 24.2. The monoisotopic (exact) mass is 470 g/mol. The molecule has 2 N–H and O–H groups in total. The largest absolute Gasteiger partial charge is 0.320 e. The maximum absolute atomic E-state index is 13.9. The summed E-state index contributed by atoms with van der Waals surface area (Å²) < 4.78 is 40.6. The van der Waals surface area contributed by atoms with Crippen molar-refractivity contribution in [2.45, 2.75) is 24.8 Å². The van der Waals surface area contributed by atoms with Gasteiger partial charge in [0.2, 0.25) is 10.0 Å². The van der Waals surface area contributed by atoms with E-state index in [2.05, 4.69) is 15.6 Å². The van der Waals surface area contributed by atoms with E-state index in [9.17, 15) is 22.4 Å². The lowest BCUT2D eigenvalue weighted by Crippen LogP contribution is -2.33. The van der Waals surface area contributed by atoms with Gasteiger partial charge >= 0.3 is 0 Å². The molecule has 0 fully saturated rings. The van der Waals surface area contributed by atoms with E-state index in [4.69, 9.17) is 0 Å². The molecule has 0 aliphatic carbocycles. The Hall–Kier alpha value is -3.63. The molecule has 0 bridgehead atoms. The third-order valence-corrected chi connectivity index (χ3v) is 6.91. The molecular formula is C23H23FN4O4S. The Morgan fingerprint density at radius 1 is 0.939 bits per heavy atom. The van der Waals surface area contributed by atoms with Crippen molar-refractivity contribution >= 4 is 33.2 Å². The molecule has 2 amide bonds. The number of carbonyl (C=O) groups is 2. The molecule has 0 saturated carbocycles. The highest BCUT2D eigenvalue weighted by Crippen LogP contribution is 2.25. The molecule has 1 aromatic heterocycles. The zero-order valence-corrected chi connectivity index (χ0v) is 19.1. The molecule has 33 heavy (non-hydrogen) atoms. The van der Waals surface area contributed by atoms with Gasteiger partial charge in [-0.15, -0.1) is 0 Å². The molecule has 2 aromatic carbocycles. The minimum absolute atomic E-state index is 0.0110. The number of rotatable bonds is 7. The fourth-order valence-electron chi connectivity index (χ4n) is 2.85. The lowest BCUT2D eigenvalue weighted by Gasteiger charge is -2.21. The fourth-order valence-corrected chi connectivity index (χ4v) is 4.26. The summed E-state index contributed by atoms with van der Waals surface area (Å²) in [5.74, 6) is -1.84. The standard InChI is InChI=1S/C23H23FN4O4S/c1-15(2)28(3)33(31,32)18-8-6-7-16(13-18)22(29)27-21-14-17(24)10-11-19(21)26-23(30)20-9-4-5-12-25-20/h4-15H,1-3H3,(H,26,30)(H,27,29). The summed E-state index contributed by atoms with van der Waals surface area (Å²) in [4.78, 5) is 29.2. The number of benzene rings is 2. The predicted octanol–water partition coefficient (Wildman–Crippen LogP) is 3.75. The van der Waals surface area contributed by atoms with Gasteiger partial charge in [0.05, 0.1) is 16.3 Å². The maximum Gasteiger partial charge on any atom is 0.274 e. The van der Waals surface area contributed by atoms with Crippen LogP contribution in [0.2, 0.25) is 0 Å². The van der Waals surface area contributed by atoms with E-state index < -0.39 is 27.7 Å². The highest BCUT2D eigenvalue weighted by atomic mass is 32.2. The number of anilines is 2. The number of halogens is 1. The van der Waals surface area contributed by atoms with E-state index in [1.165, 1.54) is 53.9 Å². The van der Waals surface area contributed by atoms with E-state index in [-0.39, 0.29) is 33.6 Å². The summed E-state index contributed by atoms with van der Waals surface area (Å²) in [6, 6.07) is 13.6. The van der Waals surface area contributed by atoms with Crippen molar-refractivity contribution in [3.63, 3.8) is 0 Å². The minimum atomic E-state index is -3.80. The molecule has 0 saturated heterocycles. The first-order valence-electron chi connectivity index (χ1n) is 10.0. The lowest BCUT2D eigenvalue weighted by atomic mass is 10.2. The first-order chi connectivity index (χ1) is 15.6. The van der Waals surface area contributed by atoms with Gasteiger partial charge in [-0.1, -0.05) is 12.1 Å². The highest BCUT2D eigenvalue weighted by molar-refractivity contribution is 7.89. The van der Waals surface area contributed by atoms with Crippen LogP contribution in [0.15, 0.2) is 71.8 Å². The van der Waals surface area contributed by atoms with Gasteiger partial charge in [0.1, 0.15) is 11.5 Å². The number of carbonyl (C=O) groups excluding carboxylic acids is 2. The Bertz CT molecular complexity index is 1280. The normalized spacial score (nSPS) is 11.5. The number of nitrogens with one attached hydrogen (secondary N) is 2. The van der Waals surface area contributed by atoms with E-state index in [1.54, 1.807) is 26.0 Å². The van der Waals surface area contributed by atoms with Crippen LogP contribution in [-0.4, -0.2) is 42.6 Å². The number of sulfonamides is 1. The lowest BCUT2D eigenvalue weighted by molar-refractivity contribution is 0.101. The van der Waals surface area contributed by atoms with Crippen LogP contribution in [0, 0.1) is 5.82 Å². The van der Waals surface area contributed by atoms with Crippen LogP contribution < -0.4 is 10.6 Å². The van der Waals surface area contributed by atoms with Crippen molar-refractivity contribution in [2.24, 2.45) is 0 Å². The summed E-state index contributed by atoms with van der Waals surface area (Å²) in [6.07, 6.45) is 1.46. The van der Waals surface area contributed by atoms with Crippen LogP contribution in [0.3, 0.4) is 0 Å². The molecule has 0 aliphatic rings. The van der Waals surface area contributed by atoms with Crippen molar-refractivity contribution < 1.29 is 22.4 Å². The van der Waals surface area contributed by atoms with Crippen molar-refractivity contribution in [1.29, 1.82) is 0 Å². The van der Waals surface area contributed by atoms with Crippen LogP contribution >= 0.6 is 0 Å². The van der Waals surface area contributed by atoms with Gasteiger partial charge in [-0.25, -0.2) is 12.8 Å². The molecule has 172 valence electrons. The van der Waals surface area contributed by atoms with Gasteiger partial charge in [0.25, 0.3) is 11.8 Å². The van der Waals surface area contributed by atoms with Crippen LogP contribution in [0.25, 0.3) is 0 Å². The number of hydrogen-bond acceptors (Lipinski definition) is 5. The number of pyridine rings is 1.